The van der Waals surface area contributed by atoms with E-state index in [0.29, 0.717) is 43.4 Å². The molecular weight excluding hydrogens is 566 g/mol. The summed E-state index contributed by atoms with van der Waals surface area (Å²) in [5.74, 6) is 0.629. The average Bonchev–Trinajstić information content (AvgIpc) is 3.00. The Labute approximate surface area is 254 Å². The molecule has 43 heavy (non-hydrogen) atoms. The molecule has 10 heteroatoms. The zero-order valence-electron chi connectivity index (χ0n) is 25.1. The zero-order valence-corrected chi connectivity index (χ0v) is 25.9. The highest BCUT2D eigenvalue weighted by Gasteiger charge is 2.31. The van der Waals surface area contributed by atoms with Crippen LogP contribution in [0.25, 0.3) is 0 Å². The van der Waals surface area contributed by atoms with Gasteiger partial charge in [0, 0.05) is 38.5 Å². The van der Waals surface area contributed by atoms with Crippen LogP contribution in [0, 0.1) is 6.92 Å². The molecule has 0 saturated heterocycles. The van der Waals surface area contributed by atoms with Crippen LogP contribution >= 0.6 is 0 Å². The van der Waals surface area contributed by atoms with Gasteiger partial charge in [-0.15, -0.1) is 0 Å². The first kappa shape index (κ1) is 31.9. The Kier molecular flexibility index (Phi) is 11.1. The lowest BCUT2D eigenvalue weighted by Crippen LogP contribution is -2.50. The second-order valence-electron chi connectivity index (χ2n) is 10.7. The standard InChI is InChI=1S/C33H41N3O6S/c1-4-18-34-33(38)29(22-26-12-6-5-7-13-26)35(24-27-14-9-8-11-25(27)2)32(37)15-10-19-36(43(3,39)40)28-16-17-30-31(23-28)42-21-20-41-30/h5-9,11-14,16-17,23,29H,4,10,15,18-22,24H2,1-3H3,(H,34,38). The largest absolute Gasteiger partial charge is 0.486 e. The van der Waals surface area contributed by atoms with Gasteiger partial charge < -0.3 is 19.7 Å². The normalized spacial score (nSPS) is 13.2. The molecule has 1 aliphatic heterocycles. The quantitative estimate of drug-likeness (QED) is 0.290. The number of aryl methyl sites for hydroxylation is 1. The van der Waals surface area contributed by atoms with Crippen molar-refractivity contribution < 1.29 is 27.5 Å². The predicted octanol–water partition coefficient (Wildman–Crippen LogP) is 4.48. The maximum absolute atomic E-state index is 14.0. The monoisotopic (exact) mass is 607 g/mol. The van der Waals surface area contributed by atoms with Crippen LogP contribution in [0.15, 0.2) is 72.8 Å². The maximum Gasteiger partial charge on any atom is 0.243 e. The van der Waals surface area contributed by atoms with Gasteiger partial charge in [0.2, 0.25) is 21.8 Å². The van der Waals surface area contributed by atoms with Gasteiger partial charge >= 0.3 is 0 Å². The van der Waals surface area contributed by atoms with Crippen molar-refractivity contribution in [2.75, 3.05) is 36.9 Å². The van der Waals surface area contributed by atoms with Crippen molar-refractivity contribution in [1.29, 1.82) is 0 Å². The van der Waals surface area contributed by atoms with Crippen LogP contribution in [-0.4, -0.2) is 63.7 Å². The first-order valence-corrected chi connectivity index (χ1v) is 16.5. The topological polar surface area (TPSA) is 105 Å². The highest BCUT2D eigenvalue weighted by Crippen LogP contribution is 2.35. The smallest absolute Gasteiger partial charge is 0.243 e. The lowest BCUT2D eigenvalue weighted by atomic mass is 10.0. The summed E-state index contributed by atoms with van der Waals surface area (Å²) >= 11 is 0. The molecule has 4 rings (SSSR count). The van der Waals surface area contributed by atoms with Crippen LogP contribution in [0.3, 0.4) is 0 Å². The third kappa shape index (κ3) is 8.73. The molecular formula is C33H41N3O6S. The van der Waals surface area contributed by atoms with Crippen LogP contribution in [0.4, 0.5) is 5.69 Å². The molecule has 3 aromatic rings. The van der Waals surface area contributed by atoms with Gasteiger partial charge in [0.25, 0.3) is 0 Å². The van der Waals surface area contributed by atoms with Gasteiger partial charge in [-0.3, -0.25) is 13.9 Å². The number of benzene rings is 3. The predicted molar refractivity (Wildman–Crippen MR) is 168 cm³/mol. The average molecular weight is 608 g/mol. The highest BCUT2D eigenvalue weighted by molar-refractivity contribution is 7.92. The molecule has 1 aliphatic rings. The SMILES string of the molecule is CCCNC(=O)C(Cc1ccccc1)N(Cc1ccccc1C)C(=O)CCCN(c1ccc2c(c1)OCCO2)S(C)(=O)=O. The number of sulfonamides is 1. The minimum atomic E-state index is -3.65. The lowest BCUT2D eigenvalue weighted by Gasteiger charge is -2.32. The van der Waals surface area contributed by atoms with Gasteiger partial charge in [-0.2, -0.15) is 0 Å². The van der Waals surface area contributed by atoms with Gasteiger partial charge in [-0.1, -0.05) is 61.5 Å². The number of hydrogen-bond acceptors (Lipinski definition) is 6. The van der Waals surface area contributed by atoms with E-state index in [4.69, 9.17) is 9.47 Å². The third-order valence-corrected chi connectivity index (χ3v) is 8.58. The molecule has 1 heterocycles. The molecule has 230 valence electrons. The summed E-state index contributed by atoms with van der Waals surface area (Å²) in [7, 11) is -3.65. The van der Waals surface area contributed by atoms with Crippen LogP contribution < -0.4 is 19.1 Å². The third-order valence-electron chi connectivity index (χ3n) is 7.39. The molecule has 0 bridgehead atoms. The van der Waals surface area contributed by atoms with Crippen molar-refractivity contribution in [3.8, 4) is 11.5 Å². The first-order valence-electron chi connectivity index (χ1n) is 14.7. The second-order valence-corrected chi connectivity index (χ2v) is 12.6. The molecule has 9 nitrogen and oxygen atoms in total. The fourth-order valence-corrected chi connectivity index (χ4v) is 6.04. The van der Waals surface area contributed by atoms with Crippen LogP contribution in [-0.2, 0) is 32.6 Å². The van der Waals surface area contributed by atoms with Gasteiger partial charge in [0.15, 0.2) is 11.5 Å². The Balaban J connectivity index is 1.57. The molecule has 0 saturated carbocycles. The maximum atomic E-state index is 14.0. The van der Waals surface area contributed by atoms with E-state index >= 15 is 0 Å². The Morgan fingerprint density at radius 1 is 0.953 bits per heavy atom. The number of fused-ring (bicyclic) bond motifs is 1. The van der Waals surface area contributed by atoms with Crippen molar-refractivity contribution in [1.82, 2.24) is 10.2 Å². The number of nitrogens with zero attached hydrogens (tertiary/aromatic N) is 2. The van der Waals surface area contributed by atoms with Crippen molar-refractivity contribution in [3.63, 3.8) is 0 Å². The molecule has 1 atom stereocenters. The number of carbonyl (C=O) groups is 2. The van der Waals surface area contributed by atoms with E-state index < -0.39 is 16.1 Å². The van der Waals surface area contributed by atoms with E-state index in [1.54, 1.807) is 23.1 Å². The summed E-state index contributed by atoms with van der Waals surface area (Å²) in [5, 5.41) is 2.99. The summed E-state index contributed by atoms with van der Waals surface area (Å²) < 4.78 is 38.1. The Morgan fingerprint density at radius 3 is 2.35 bits per heavy atom. The number of anilines is 1. The van der Waals surface area contributed by atoms with Gasteiger partial charge in [-0.05, 0) is 48.6 Å². The number of amides is 2. The minimum Gasteiger partial charge on any atom is -0.486 e. The van der Waals surface area contributed by atoms with Gasteiger partial charge in [-0.25, -0.2) is 8.42 Å². The Hall–Kier alpha value is -4.05. The Bertz CT molecular complexity index is 1500. The molecule has 0 spiro atoms. The van der Waals surface area contributed by atoms with E-state index in [1.807, 2.05) is 68.4 Å². The van der Waals surface area contributed by atoms with Crippen molar-refractivity contribution >= 4 is 27.5 Å². The van der Waals surface area contributed by atoms with Crippen LogP contribution in [0.5, 0.6) is 11.5 Å². The first-order chi connectivity index (χ1) is 20.7. The molecule has 0 fully saturated rings. The summed E-state index contributed by atoms with van der Waals surface area (Å²) in [6, 6.07) is 21.8. The number of hydrogen-bond donors (Lipinski definition) is 1. The fourth-order valence-electron chi connectivity index (χ4n) is 5.08. The zero-order chi connectivity index (χ0) is 30.8. The Morgan fingerprint density at radius 2 is 1.65 bits per heavy atom. The number of carbonyl (C=O) groups excluding carboxylic acids is 2. The summed E-state index contributed by atoms with van der Waals surface area (Å²) in [6.45, 7) is 5.65. The van der Waals surface area contributed by atoms with E-state index in [-0.39, 0.29) is 37.7 Å². The number of rotatable bonds is 14. The molecule has 0 aromatic heterocycles. The molecule has 0 radical (unpaired) electrons. The minimum absolute atomic E-state index is 0.0643. The summed E-state index contributed by atoms with van der Waals surface area (Å²) in [5.41, 5.74) is 3.36. The summed E-state index contributed by atoms with van der Waals surface area (Å²) in [4.78, 5) is 29.1. The van der Waals surface area contributed by atoms with Crippen molar-refractivity contribution in [3.05, 3.63) is 89.5 Å². The molecule has 1 unspecified atom stereocenters. The van der Waals surface area contributed by atoms with Crippen LogP contribution in [0.1, 0.15) is 42.9 Å². The van der Waals surface area contributed by atoms with E-state index in [0.717, 1.165) is 29.4 Å². The van der Waals surface area contributed by atoms with Crippen molar-refractivity contribution in [2.24, 2.45) is 0 Å². The van der Waals surface area contributed by atoms with Crippen LogP contribution in [0.2, 0.25) is 0 Å². The van der Waals surface area contributed by atoms with Crippen molar-refractivity contribution in [2.45, 2.75) is 52.1 Å². The number of ether oxygens (including phenoxy) is 2. The fraction of sp³-hybridized carbons (Fsp3) is 0.394. The van der Waals surface area contributed by atoms with E-state index in [1.165, 1.54) is 4.31 Å². The van der Waals surface area contributed by atoms with E-state index in [9.17, 15) is 18.0 Å². The number of nitrogens with one attached hydrogen (secondary N) is 1. The van der Waals surface area contributed by atoms with Gasteiger partial charge in [0.05, 0.1) is 11.9 Å². The highest BCUT2D eigenvalue weighted by atomic mass is 32.2. The summed E-state index contributed by atoms with van der Waals surface area (Å²) in [6.07, 6.45) is 2.61. The molecule has 1 N–H and O–H groups in total. The lowest BCUT2D eigenvalue weighted by molar-refractivity contribution is -0.141. The second kappa shape index (κ2) is 14.9. The van der Waals surface area contributed by atoms with Gasteiger partial charge in [0.1, 0.15) is 19.3 Å². The van der Waals surface area contributed by atoms with E-state index in [2.05, 4.69) is 5.32 Å². The molecule has 3 aromatic carbocycles. The molecule has 0 aliphatic carbocycles. The molecule has 2 amide bonds.